The van der Waals surface area contributed by atoms with Gasteiger partial charge in [0.15, 0.2) is 11.4 Å². The number of esters is 2. The summed E-state index contributed by atoms with van der Waals surface area (Å²) in [7, 11) is 0. The minimum absolute atomic E-state index is 0.198. The smallest absolute Gasteiger partial charge is 0.344 e. The van der Waals surface area contributed by atoms with E-state index in [1.807, 2.05) is 31.2 Å². The average molecular weight is 555 g/mol. The predicted molar refractivity (Wildman–Crippen MR) is 145 cm³/mol. The number of halogens is 1. The molecule has 0 spiro atoms. The Labute approximate surface area is 228 Å². The molecule has 1 aliphatic heterocycles. The number of benzene rings is 2. The monoisotopic (exact) mass is 554 g/mol. The summed E-state index contributed by atoms with van der Waals surface area (Å²) in [5, 5.41) is 0.436. The molecule has 0 saturated heterocycles. The molecule has 1 atom stereocenters. The molecule has 2 aromatic carbocycles. The zero-order chi connectivity index (χ0) is 27.4. The summed E-state index contributed by atoms with van der Waals surface area (Å²) in [5.74, 6) is -0.655. The van der Waals surface area contributed by atoms with Crippen LogP contribution < -0.4 is 19.6 Å². The van der Waals surface area contributed by atoms with Crippen molar-refractivity contribution in [2.45, 2.75) is 33.7 Å². The second kappa shape index (κ2) is 11.8. The van der Waals surface area contributed by atoms with Crippen LogP contribution in [0.1, 0.15) is 43.5 Å². The number of nitrogens with zero attached hydrogens (tertiary/aromatic N) is 2. The van der Waals surface area contributed by atoms with Crippen LogP contribution in [0.5, 0.6) is 5.75 Å². The molecular formula is C28H27ClN2O6S. The van der Waals surface area contributed by atoms with Gasteiger partial charge in [-0.05, 0) is 57.5 Å². The molecule has 0 amide bonds. The fourth-order valence-electron chi connectivity index (χ4n) is 4.10. The molecule has 0 radical (unpaired) electrons. The van der Waals surface area contributed by atoms with Gasteiger partial charge in [0.2, 0.25) is 0 Å². The number of thiazole rings is 1. The van der Waals surface area contributed by atoms with Crippen molar-refractivity contribution in [1.29, 1.82) is 0 Å². The fourth-order valence-corrected chi connectivity index (χ4v) is 5.32. The largest absolute Gasteiger partial charge is 0.481 e. The lowest BCUT2D eigenvalue weighted by Gasteiger charge is -2.24. The molecule has 0 fully saturated rings. The Kier molecular flexibility index (Phi) is 8.48. The van der Waals surface area contributed by atoms with E-state index in [0.717, 1.165) is 11.1 Å². The van der Waals surface area contributed by atoms with Crippen molar-refractivity contribution in [2.75, 3.05) is 19.8 Å². The van der Waals surface area contributed by atoms with Crippen LogP contribution in [-0.4, -0.2) is 36.3 Å². The van der Waals surface area contributed by atoms with Gasteiger partial charge >= 0.3 is 11.9 Å². The number of hydrogen-bond donors (Lipinski definition) is 0. The predicted octanol–water partition coefficient (Wildman–Crippen LogP) is 3.70. The van der Waals surface area contributed by atoms with Crippen LogP contribution in [0.2, 0.25) is 5.02 Å². The maximum atomic E-state index is 13.8. The molecule has 10 heteroatoms. The van der Waals surface area contributed by atoms with Crippen molar-refractivity contribution in [3.05, 3.63) is 95.1 Å². The lowest BCUT2D eigenvalue weighted by Crippen LogP contribution is -2.39. The number of carbonyl (C=O) groups excluding carboxylic acids is 2. The standard InChI is InChI=1S/C28H27ClN2O6S/c1-5-35-23(32)15-37-21-12-11-20(29)13-19(21)14-22-26(33)31-25(18-9-7-16(3)8-10-18)24(27(34)36-6-2)17(4)30-28(31)38-22/h7-14,25H,5-6,15H2,1-4H3/b22-14-/t25-/m0/s1. The van der Waals surface area contributed by atoms with E-state index in [-0.39, 0.29) is 25.4 Å². The second-order valence-corrected chi connectivity index (χ2v) is 9.93. The van der Waals surface area contributed by atoms with Crippen LogP contribution in [0.15, 0.2) is 63.5 Å². The van der Waals surface area contributed by atoms with Crippen LogP contribution in [0, 0.1) is 6.92 Å². The summed E-state index contributed by atoms with van der Waals surface area (Å²) >= 11 is 7.42. The van der Waals surface area contributed by atoms with Crippen LogP contribution in [0.25, 0.3) is 6.08 Å². The van der Waals surface area contributed by atoms with E-state index < -0.39 is 18.0 Å². The van der Waals surface area contributed by atoms with Crippen LogP contribution in [0.4, 0.5) is 0 Å². The minimum atomic E-state index is -0.702. The Balaban J connectivity index is 1.86. The van der Waals surface area contributed by atoms with E-state index in [9.17, 15) is 14.4 Å². The van der Waals surface area contributed by atoms with Gasteiger partial charge in [0.25, 0.3) is 5.56 Å². The Morgan fingerprint density at radius 1 is 1.08 bits per heavy atom. The van der Waals surface area contributed by atoms with E-state index in [1.54, 1.807) is 45.0 Å². The SMILES string of the molecule is CCOC(=O)COc1ccc(Cl)cc1/C=c1\sc2n(c1=O)[C@@H](c1ccc(C)cc1)C(C(=O)OCC)=C(C)N=2. The van der Waals surface area contributed by atoms with Crippen molar-refractivity contribution in [2.24, 2.45) is 4.99 Å². The third-order valence-corrected chi connectivity index (χ3v) is 7.04. The van der Waals surface area contributed by atoms with E-state index in [1.165, 1.54) is 15.9 Å². The highest BCUT2D eigenvalue weighted by atomic mass is 35.5. The first-order valence-electron chi connectivity index (χ1n) is 12.1. The van der Waals surface area contributed by atoms with Crippen molar-refractivity contribution < 1.29 is 23.8 Å². The zero-order valence-corrected chi connectivity index (χ0v) is 23.0. The topological polar surface area (TPSA) is 96.2 Å². The Hall–Kier alpha value is -3.69. The van der Waals surface area contributed by atoms with E-state index in [0.29, 0.717) is 36.9 Å². The Bertz CT molecular complexity index is 1590. The van der Waals surface area contributed by atoms with Crippen molar-refractivity contribution >= 4 is 41.0 Å². The van der Waals surface area contributed by atoms with Gasteiger partial charge in [0.1, 0.15) is 5.75 Å². The molecule has 8 nitrogen and oxygen atoms in total. The van der Waals surface area contributed by atoms with Gasteiger partial charge in [-0.2, -0.15) is 0 Å². The number of rotatable bonds is 8. The van der Waals surface area contributed by atoms with Crippen LogP contribution in [-0.2, 0) is 19.1 Å². The first-order chi connectivity index (χ1) is 18.2. The van der Waals surface area contributed by atoms with Crippen molar-refractivity contribution in [1.82, 2.24) is 4.57 Å². The molecule has 3 aromatic rings. The molecule has 38 heavy (non-hydrogen) atoms. The molecule has 0 aliphatic carbocycles. The lowest BCUT2D eigenvalue weighted by atomic mass is 9.95. The highest BCUT2D eigenvalue weighted by Gasteiger charge is 2.33. The number of aromatic nitrogens is 1. The number of fused-ring (bicyclic) bond motifs is 1. The molecule has 2 heterocycles. The van der Waals surface area contributed by atoms with Gasteiger partial charge in [-0.1, -0.05) is 52.8 Å². The summed E-state index contributed by atoms with van der Waals surface area (Å²) in [4.78, 5) is 43.7. The summed E-state index contributed by atoms with van der Waals surface area (Å²) in [6, 6.07) is 11.9. The van der Waals surface area contributed by atoms with Crippen molar-refractivity contribution in [3.8, 4) is 5.75 Å². The van der Waals surface area contributed by atoms with Gasteiger partial charge in [-0.25, -0.2) is 14.6 Å². The molecule has 198 valence electrons. The number of hydrogen-bond acceptors (Lipinski definition) is 8. The molecule has 0 unspecified atom stereocenters. The first-order valence-corrected chi connectivity index (χ1v) is 13.3. The normalized spacial score (nSPS) is 15.1. The third-order valence-electron chi connectivity index (χ3n) is 5.82. The molecular weight excluding hydrogens is 528 g/mol. The Morgan fingerprint density at radius 2 is 1.79 bits per heavy atom. The summed E-state index contributed by atoms with van der Waals surface area (Å²) in [6.45, 7) is 7.31. The number of allylic oxidation sites excluding steroid dienone is 1. The second-order valence-electron chi connectivity index (χ2n) is 8.49. The lowest BCUT2D eigenvalue weighted by molar-refractivity contribution is -0.145. The van der Waals surface area contributed by atoms with Gasteiger partial charge in [0.05, 0.1) is 35.1 Å². The third kappa shape index (κ3) is 5.74. The van der Waals surface area contributed by atoms with Gasteiger partial charge in [-0.3, -0.25) is 9.36 Å². The number of aryl methyl sites for hydroxylation is 1. The zero-order valence-electron chi connectivity index (χ0n) is 21.4. The molecule has 0 bridgehead atoms. The molecule has 0 N–H and O–H groups in total. The van der Waals surface area contributed by atoms with Crippen LogP contribution in [0.3, 0.4) is 0 Å². The summed E-state index contributed by atoms with van der Waals surface area (Å²) in [6.07, 6.45) is 1.64. The Morgan fingerprint density at radius 3 is 2.47 bits per heavy atom. The highest BCUT2D eigenvalue weighted by Crippen LogP contribution is 2.31. The molecule has 1 aliphatic rings. The van der Waals surface area contributed by atoms with Crippen molar-refractivity contribution in [3.63, 3.8) is 0 Å². The van der Waals surface area contributed by atoms with E-state index in [4.69, 9.17) is 25.8 Å². The molecule has 0 saturated carbocycles. The summed E-state index contributed by atoms with van der Waals surface area (Å²) < 4.78 is 17.8. The van der Waals surface area contributed by atoms with Gasteiger partial charge in [-0.15, -0.1) is 0 Å². The first kappa shape index (κ1) is 27.3. The highest BCUT2D eigenvalue weighted by molar-refractivity contribution is 7.07. The van der Waals surface area contributed by atoms with Crippen LogP contribution >= 0.6 is 22.9 Å². The molecule has 1 aromatic heterocycles. The minimum Gasteiger partial charge on any atom is -0.481 e. The quantitative estimate of drug-likeness (QED) is 0.394. The summed E-state index contributed by atoms with van der Waals surface area (Å²) in [5.41, 5.74) is 2.81. The van der Waals surface area contributed by atoms with Gasteiger partial charge in [0, 0.05) is 10.6 Å². The van der Waals surface area contributed by atoms with Gasteiger partial charge < -0.3 is 14.2 Å². The average Bonchev–Trinajstić information content (AvgIpc) is 3.17. The maximum Gasteiger partial charge on any atom is 0.344 e. The number of ether oxygens (including phenoxy) is 3. The fraction of sp³-hybridized carbons (Fsp3) is 0.286. The maximum absolute atomic E-state index is 13.8. The molecule has 4 rings (SSSR count). The number of carbonyl (C=O) groups is 2. The van der Waals surface area contributed by atoms with E-state index in [2.05, 4.69) is 4.99 Å². The van der Waals surface area contributed by atoms with E-state index >= 15 is 0 Å².